The summed E-state index contributed by atoms with van der Waals surface area (Å²) >= 11 is 0. The lowest BCUT2D eigenvalue weighted by Gasteiger charge is -2.16. The summed E-state index contributed by atoms with van der Waals surface area (Å²) in [4.78, 5) is 4.58. The molecule has 20 heavy (non-hydrogen) atoms. The molecule has 0 aromatic heterocycles. The number of hydrogen-bond acceptors (Lipinski definition) is 1. The molecule has 2 rings (SSSR count). The molecule has 1 aromatic carbocycles. The summed E-state index contributed by atoms with van der Waals surface area (Å²) in [5.74, 6) is 0.638. The summed E-state index contributed by atoms with van der Waals surface area (Å²) in [5, 5.41) is 6.35. The summed E-state index contributed by atoms with van der Waals surface area (Å²) in [7, 11) is 0. The van der Waals surface area contributed by atoms with Crippen LogP contribution in [0.5, 0.6) is 0 Å². The molecule has 3 nitrogen and oxygen atoms in total. The van der Waals surface area contributed by atoms with Gasteiger partial charge in [0.1, 0.15) is 5.82 Å². The Labute approximate surface area is 120 Å². The average molecular weight is 275 g/mol. The third kappa shape index (κ3) is 3.38. The fourth-order valence-corrected chi connectivity index (χ4v) is 2.30. The molecule has 0 heterocycles. The summed E-state index contributed by atoms with van der Waals surface area (Å²) in [6, 6.07) is 7.03. The zero-order valence-electron chi connectivity index (χ0n) is 12.0. The predicted octanol–water partition coefficient (Wildman–Crippen LogP) is 2.60. The van der Waals surface area contributed by atoms with Gasteiger partial charge in [-0.2, -0.15) is 0 Å². The minimum Gasteiger partial charge on any atom is -0.357 e. The Kier molecular flexibility index (Phi) is 4.77. The number of guanidine groups is 1. The third-order valence-electron chi connectivity index (χ3n) is 3.60. The maximum atomic E-state index is 13.9. The number of nitrogens with one attached hydrogen (secondary N) is 2. The molecule has 1 aromatic rings. The van der Waals surface area contributed by atoms with Crippen LogP contribution in [0.25, 0.3) is 0 Å². The van der Waals surface area contributed by atoms with Crippen molar-refractivity contribution in [1.29, 1.82) is 0 Å². The van der Waals surface area contributed by atoms with Gasteiger partial charge in [0.2, 0.25) is 0 Å². The molecule has 2 N–H and O–H groups in total. The van der Waals surface area contributed by atoms with E-state index in [0.29, 0.717) is 13.1 Å². The van der Waals surface area contributed by atoms with E-state index in [2.05, 4.69) is 22.2 Å². The molecule has 1 aliphatic rings. The molecule has 0 unspecified atom stereocenters. The van der Waals surface area contributed by atoms with Crippen molar-refractivity contribution < 1.29 is 4.39 Å². The Morgan fingerprint density at radius 2 is 2.15 bits per heavy atom. The van der Waals surface area contributed by atoms with Crippen LogP contribution in [-0.4, -0.2) is 25.6 Å². The van der Waals surface area contributed by atoms with Gasteiger partial charge in [-0.3, -0.25) is 4.99 Å². The molecule has 1 fully saturated rings. The van der Waals surface area contributed by atoms with Crippen LogP contribution in [0, 0.1) is 5.82 Å². The van der Waals surface area contributed by atoms with Gasteiger partial charge >= 0.3 is 0 Å². The second-order valence-electron chi connectivity index (χ2n) is 5.12. The second kappa shape index (κ2) is 6.55. The van der Waals surface area contributed by atoms with Gasteiger partial charge in [-0.15, -0.1) is 6.58 Å². The molecule has 0 aliphatic heterocycles. The first-order valence-corrected chi connectivity index (χ1v) is 7.10. The lowest BCUT2D eigenvalue weighted by atomic mass is 9.95. The number of rotatable bonds is 6. The fraction of sp³-hybridized carbons (Fsp3) is 0.438. The van der Waals surface area contributed by atoms with Crippen molar-refractivity contribution in [3.05, 3.63) is 48.3 Å². The summed E-state index contributed by atoms with van der Waals surface area (Å²) in [6.07, 6.45) is 3.78. The van der Waals surface area contributed by atoms with Gasteiger partial charge in [0, 0.05) is 18.5 Å². The molecule has 0 bridgehead atoms. The highest BCUT2D eigenvalue weighted by atomic mass is 19.1. The Balaban J connectivity index is 2.08. The number of nitrogens with zero attached hydrogens (tertiary/aromatic N) is 1. The number of hydrogen-bond donors (Lipinski definition) is 2. The first kappa shape index (κ1) is 14.6. The zero-order chi connectivity index (χ0) is 14.4. The van der Waals surface area contributed by atoms with Crippen molar-refractivity contribution in [1.82, 2.24) is 10.6 Å². The molecule has 0 spiro atoms. The van der Waals surface area contributed by atoms with E-state index in [9.17, 15) is 4.39 Å². The van der Waals surface area contributed by atoms with E-state index < -0.39 is 0 Å². The van der Waals surface area contributed by atoms with E-state index in [0.717, 1.165) is 30.9 Å². The Bertz CT molecular complexity index is 492. The van der Waals surface area contributed by atoms with E-state index in [1.54, 1.807) is 12.1 Å². The number of aliphatic imine (C=N–C) groups is 1. The average Bonchev–Trinajstić information content (AvgIpc) is 3.23. The van der Waals surface area contributed by atoms with Crippen molar-refractivity contribution in [2.45, 2.75) is 25.2 Å². The molecule has 108 valence electrons. The van der Waals surface area contributed by atoms with Gasteiger partial charge in [-0.1, -0.05) is 24.3 Å². The standard InChI is InChI=1S/C16H22FN3/c1-3-11-19-15(18-4-2)20-12-16(9-10-16)13-7-5-6-8-14(13)17/h3,5-8H,1,4,9-12H2,2H3,(H2,18,19,20). The Morgan fingerprint density at radius 1 is 1.40 bits per heavy atom. The van der Waals surface area contributed by atoms with Crippen LogP contribution < -0.4 is 10.6 Å². The number of benzene rings is 1. The lowest BCUT2D eigenvalue weighted by molar-refractivity contribution is 0.572. The molecule has 1 saturated carbocycles. The van der Waals surface area contributed by atoms with E-state index in [4.69, 9.17) is 0 Å². The van der Waals surface area contributed by atoms with E-state index in [1.165, 1.54) is 6.07 Å². The quantitative estimate of drug-likeness (QED) is 0.475. The van der Waals surface area contributed by atoms with E-state index in [1.807, 2.05) is 19.1 Å². The monoisotopic (exact) mass is 275 g/mol. The van der Waals surface area contributed by atoms with Gasteiger partial charge in [0.05, 0.1) is 6.54 Å². The van der Waals surface area contributed by atoms with Gasteiger partial charge in [0.25, 0.3) is 0 Å². The molecular formula is C16H22FN3. The predicted molar refractivity (Wildman–Crippen MR) is 81.5 cm³/mol. The topological polar surface area (TPSA) is 36.4 Å². The van der Waals surface area contributed by atoms with Crippen molar-refractivity contribution in [3.8, 4) is 0 Å². The minimum absolute atomic E-state index is 0.109. The van der Waals surface area contributed by atoms with Gasteiger partial charge < -0.3 is 10.6 Å². The normalized spacial score (nSPS) is 16.6. The molecule has 0 amide bonds. The molecule has 0 radical (unpaired) electrons. The molecule has 4 heteroatoms. The molecule has 1 aliphatic carbocycles. The van der Waals surface area contributed by atoms with Crippen LogP contribution in [0.15, 0.2) is 41.9 Å². The third-order valence-corrected chi connectivity index (χ3v) is 3.60. The van der Waals surface area contributed by atoms with E-state index in [-0.39, 0.29) is 11.2 Å². The highest BCUT2D eigenvalue weighted by Gasteiger charge is 2.45. The van der Waals surface area contributed by atoms with Crippen molar-refractivity contribution in [2.75, 3.05) is 19.6 Å². The molecule has 0 saturated heterocycles. The van der Waals surface area contributed by atoms with Crippen LogP contribution in [0.3, 0.4) is 0 Å². The highest BCUT2D eigenvalue weighted by Crippen LogP contribution is 2.49. The first-order chi connectivity index (χ1) is 9.72. The van der Waals surface area contributed by atoms with Crippen molar-refractivity contribution >= 4 is 5.96 Å². The molecule has 0 atom stereocenters. The maximum absolute atomic E-state index is 13.9. The van der Waals surface area contributed by atoms with Gasteiger partial charge in [-0.25, -0.2) is 4.39 Å². The number of halogens is 1. The highest BCUT2D eigenvalue weighted by molar-refractivity contribution is 5.80. The van der Waals surface area contributed by atoms with Crippen LogP contribution in [-0.2, 0) is 5.41 Å². The van der Waals surface area contributed by atoms with Crippen molar-refractivity contribution in [2.24, 2.45) is 4.99 Å². The lowest BCUT2D eigenvalue weighted by Crippen LogP contribution is -2.38. The summed E-state index contributed by atoms with van der Waals surface area (Å²) in [6.45, 7) is 7.78. The van der Waals surface area contributed by atoms with Crippen LogP contribution in [0.1, 0.15) is 25.3 Å². The SMILES string of the molecule is C=CCNC(=NCC1(c2ccccc2F)CC1)NCC. The summed E-state index contributed by atoms with van der Waals surface area (Å²) in [5.41, 5.74) is 0.685. The smallest absolute Gasteiger partial charge is 0.191 e. The zero-order valence-corrected chi connectivity index (χ0v) is 12.0. The Morgan fingerprint density at radius 3 is 2.75 bits per heavy atom. The van der Waals surface area contributed by atoms with Crippen LogP contribution in [0.4, 0.5) is 4.39 Å². The van der Waals surface area contributed by atoms with Crippen LogP contribution in [0.2, 0.25) is 0 Å². The van der Waals surface area contributed by atoms with Gasteiger partial charge in [0.15, 0.2) is 5.96 Å². The van der Waals surface area contributed by atoms with Crippen molar-refractivity contribution in [3.63, 3.8) is 0 Å². The van der Waals surface area contributed by atoms with Crippen LogP contribution >= 0.6 is 0 Å². The Hall–Kier alpha value is -1.84. The maximum Gasteiger partial charge on any atom is 0.191 e. The first-order valence-electron chi connectivity index (χ1n) is 7.10. The largest absolute Gasteiger partial charge is 0.357 e. The second-order valence-corrected chi connectivity index (χ2v) is 5.12. The van der Waals surface area contributed by atoms with Gasteiger partial charge in [-0.05, 0) is 31.4 Å². The summed E-state index contributed by atoms with van der Waals surface area (Å²) < 4.78 is 13.9. The van der Waals surface area contributed by atoms with E-state index >= 15 is 0 Å². The fourth-order valence-electron chi connectivity index (χ4n) is 2.30. The molecular weight excluding hydrogens is 253 g/mol. The minimum atomic E-state index is -0.121.